The van der Waals surface area contributed by atoms with E-state index < -0.39 is 10.0 Å². The molecule has 5 heteroatoms. The molecule has 0 bridgehead atoms. The fourth-order valence-corrected chi connectivity index (χ4v) is 2.61. The number of carbonyl (C=O) groups excluding carboxylic acids is 1. The molecule has 0 heterocycles. The van der Waals surface area contributed by atoms with Crippen molar-refractivity contribution in [1.29, 1.82) is 0 Å². The zero-order valence-electron chi connectivity index (χ0n) is 10.4. The van der Waals surface area contributed by atoms with E-state index in [1.165, 1.54) is 12.1 Å². The summed E-state index contributed by atoms with van der Waals surface area (Å²) in [6.07, 6.45) is 0.488. The van der Waals surface area contributed by atoms with Crippen LogP contribution in [0.15, 0.2) is 59.5 Å². The van der Waals surface area contributed by atoms with Crippen LogP contribution in [0.3, 0.4) is 0 Å². The normalized spacial score (nSPS) is 10.2. The number of para-hydroxylation sites is 1. The van der Waals surface area contributed by atoms with Gasteiger partial charge in [-0.25, -0.2) is 8.42 Å². The van der Waals surface area contributed by atoms with Crippen molar-refractivity contribution < 1.29 is 13.2 Å². The highest BCUT2D eigenvalue weighted by atomic mass is 32.2. The van der Waals surface area contributed by atoms with Crippen molar-refractivity contribution >= 4 is 22.0 Å². The van der Waals surface area contributed by atoms with E-state index in [4.69, 9.17) is 0 Å². The second-order valence-electron chi connectivity index (χ2n) is 3.88. The van der Waals surface area contributed by atoms with E-state index in [1.807, 2.05) is 0 Å². The van der Waals surface area contributed by atoms with E-state index in [-0.39, 0.29) is 4.90 Å². The van der Waals surface area contributed by atoms with Crippen LogP contribution in [0, 0.1) is 11.8 Å². The lowest BCUT2D eigenvalue weighted by atomic mass is 10.2. The van der Waals surface area contributed by atoms with Crippen LogP contribution in [-0.2, 0) is 14.8 Å². The highest BCUT2D eigenvalue weighted by molar-refractivity contribution is 7.92. The molecule has 0 atom stereocenters. The predicted molar refractivity (Wildman–Crippen MR) is 76.6 cm³/mol. The average Bonchev–Trinajstić information content (AvgIpc) is 2.46. The minimum Gasteiger partial charge on any atom is -0.289 e. The Labute approximate surface area is 117 Å². The molecule has 0 aromatic heterocycles. The molecule has 0 aliphatic rings. The number of aldehydes is 1. The molecule has 20 heavy (non-hydrogen) atoms. The Morgan fingerprint density at radius 3 is 2.20 bits per heavy atom. The zero-order chi connectivity index (χ0) is 14.4. The van der Waals surface area contributed by atoms with Crippen molar-refractivity contribution in [2.24, 2.45) is 0 Å². The van der Waals surface area contributed by atoms with Crippen molar-refractivity contribution in [3.8, 4) is 11.8 Å². The maximum atomic E-state index is 12.1. The molecule has 0 fully saturated rings. The number of nitrogens with one attached hydrogen (secondary N) is 1. The van der Waals surface area contributed by atoms with Gasteiger partial charge in [-0.05, 0) is 42.3 Å². The summed E-state index contributed by atoms with van der Waals surface area (Å²) in [5.74, 6) is 4.86. The van der Waals surface area contributed by atoms with E-state index in [1.54, 1.807) is 42.5 Å². The largest absolute Gasteiger partial charge is 0.289 e. The summed E-state index contributed by atoms with van der Waals surface area (Å²) in [7, 11) is -3.62. The molecule has 100 valence electrons. The Balaban J connectivity index is 2.24. The molecule has 0 radical (unpaired) electrons. The van der Waals surface area contributed by atoms with Gasteiger partial charge in [-0.3, -0.25) is 9.52 Å². The van der Waals surface area contributed by atoms with E-state index in [0.717, 1.165) is 0 Å². The summed E-state index contributed by atoms with van der Waals surface area (Å²) in [6.45, 7) is 0. The molecule has 0 unspecified atom stereocenters. The van der Waals surface area contributed by atoms with Gasteiger partial charge < -0.3 is 0 Å². The second-order valence-corrected chi connectivity index (χ2v) is 5.57. The van der Waals surface area contributed by atoms with Crippen LogP contribution in [-0.4, -0.2) is 14.7 Å². The number of sulfonamides is 1. The number of hydrogen-bond donors (Lipinski definition) is 1. The monoisotopic (exact) mass is 285 g/mol. The third-order valence-electron chi connectivity index (χ3n) is 2.47. The van der Waals surface area contributed by atoms with Gasteiger partial charge in [0, 0.05) is 11.3 Å². The summed E-state index contributed by atoms with van der Waals surface area (Å²) in [5.41, 5.74) is 1.08. The van der Waals surface area contributed by atoms with Crippen LogP contribution < -0.4 is 4.72 Å². The smallest absolute Gasteiger partial charge is 0.261 e. The Hall–Kier alpha value is -2.58. The van der Waals surface area contributed by atoms with Gasteiger partial charge in [-0.2, -0.15) is 0 Å². The van der Waals surface area contributed by atoms with E-state index in [0.29, 0.717) is 17.5 Å². The average molecular weight is 285 g/mol. The molecule has 2 rings (SSSR count). The topological polar surface area (TPSA) is 63.2 Å². The lowest BCUT2D eigenvalue weighted by Crippen LogP contribution is -2.12. The Kier molecular flexibility index (Phi) is 4.18. The number of carbonyl (C=O) groups is 1. The van der Waals surface area contributed by atoms with Crippen LogP contribution in [0.1, 0.15) is 5.56 Å². The van der Waals surface area contributed by atoms with Crippen LogP contribution >= 0.6 is 0 Å². The van der Waals surface area contributed by atoms with Gasteiger partial charge in [0.1, 0.15) is 0 Å². The molecule has 0 aliphatic heterocycles. The first-order valence-electron chi connectivity index (χ1n) is 5.75. The van der Waals surface area contributed by atoms with Gasteiger partial charge >= 0.3 is 0 Å². The molecule has 0 spiro atoms. The first kappa shape index (κ1) is 13.8. The first-order valence-corrected chi connectivity index (χ1v) is 7.23. The van der Waals surface area contributed by atoms with Gasteiger partial charge in [0.2, 0.25) is 0 Å². The highest BCUT2D eigenvalue weighted by Gasteiger charge is 2.13. The van der Waals surface area contributed by atoms with E-state index in [2.05, 4.69) is 16.6 Å². The summed E-state index contributed by atoms with van der Waals surface area (Å²) in [5, 5.41) is 0. The van der Waals surface area contributed by atoms with E-state index in [9.17, 15) is 13.2 Å². The third kappa shape index (κ3) is 3.46. The number of rotatable bonds is 3. The fourth-order valence-electron chi connectivity index (χ4n) is 1.55. The minimum absolute atomic E-state index is 0.137. The number of hydrogen-bond acceptors (Lipinski definition) is 3. The molecule has 0 saturated heterocycles. The number of anilines is 1. The molecule has 4 nitrogen and oxygen atoms in total. The molecule has 0 saturated carbocycles. The molecule has 2 aromatic rings. The SMILES string of the molecule is O=CC#Cc1ccc(S(=O)(=O)Nc2ccccc2)cc1. The maximum Gasteiger partial charge on any atom is 0.261 e. The van der Waals surface area contributed by atoms with E-state index >= 15 is 0 Å². The predicted octanol–water partition coefficient (Wildman–Crippen LogP) is 2.04. The molecule has 2 aromatic carbocycles. The maximum absolute atomic E-state index is 12.1. The van der Waals surface area contributed by atoms with Crippen molar-refractivity contribution in [3.05, 3.63) is 60.2 Å². The van der Waals surface area contributed by atoms with Crippen LogP contribution in [0.4, 0.5) is 5.69 Å². The molecule has 0 aliphatic carbocycles. The van der Waals surface area contributed by atoms with Gasteiger partial charge in [-0.1, -0.05) is 24.1 Å². The molecule has 1 N–H and O–H groups in total. The van der Waals surface area contributed by atoms with Crippen molar-refractivity contribution in [3.63, 3.8) is 0 Å². The number of benzene rings is 2. The first-order chi connectivity index (χ1) is 9.62. The Morgan fingerprint density at radius 2 is 1.60 bits per heavy atom. The summed E-state index contributed by atoms with van der Waals surface area (Å²) in [4.78, 5) is 10.3. The lowest BCUT2D eigenvalue weighted by molar-refractivity contribution is -0.103. The summed E-state index contributed by atoms with van der Waals surface area (Å²) < 4.78 is 26.7. The minimum atomic E-state index is -3.62. The molecular formula is C15H11NO3S. The fraction of sp³-hybridized carbons (Fsp3) is 0. The summed E-state index contributed by atoms with van der Waals surface area (Å²) >= 11 is 0. The lowest BCUT2D eigenvalue weighted by Gasteiger charge is -2.07. The van der Waals surface area contributed by atoms with Crippen molar-refractivity contribution in [2.45, 2.75) is 4.90 Å². The highest BCUT2D eigenvalue weighted by Crippen LogP contribution is 2.15. The van der Waals surface area contributed by atoms with Crippen LogP contribution in [0.2, 0.25) is 0 Å². The molecule has 0 amide bonds. The Morgan fingerprint density at radius 1 is 0.950 bits per heavy atom. The van der Waals surface area contributed by atoms with Gasteiger partial charge in [-0.15, -0.1) is 0 Å². The standard InChI is InChI=1S/C15H11NO3S/c17-12-4-5-13-8-10-15(11-9-13)20(18,19)16-14-6-2-1-3-7-14/h1-3,6-12,16H. The van der Waals surface area contributed by atoms with Crippen LogP contribution in [0.5, 0.6) is 0 Å². The summed E-state index contributed by atoms with van der Waals surface area (Å²) in [6, 6.07) is 14.6. The third-order valence-corrected chi connectivity index (χ3v) is 3.86. The van der Waals surface area contributed by atoms with Crippen molar-refractivity contribution in [1.82, 2.24) is 0 Å². The van der Waals surface area contributed by atoms with Gasteiger partial charge in [0.25, 0.3) is 10.0 Å². The zero-order valence-corrected chi connectivity index (χ0v) is 11.2. The van der Waals surface area contributed by atoms with Gasteiger partial charge in [0.05, 0.1) is 4.90 Å². The van der Waals surface area contributed by atoms with Crippen LogP contribution in [0.25, 0.3) is 0 Å². The Bertz CT molecular complexity index is 754. The molecular weight excluding hydrogens is 274 g/mol. The second kappa shape index (κ2) is 6.04. The van der Waals surface area contributed by atoms with Crippen molar-refractivity contribution in [2.75, 3.05) is 4.72 Å². The quantitative estimate of drug-likeness (QED) is 0.693. The van der Waals surface area contributed by atoms with Gasteiger partial charge in [0.15, 0.2) is 6.29 Å².